The maximum absolute atomic E-state index is 12.4. The summed E-state index contributed by atoms with van der Waals surface area (Å²) in [6.07, 6.45) is 3.66. The van der Waals surface area contributed by atoms with Gasteiger partial charge in [0.25, 0.3) is 5.91 Å². The average molecular weight is 291 g/mol. The number of hydrogen-bond donors (Lipinski definition) is 3. The van der Waals surface area contributed by atoms with Gasteiger partial charge in [-0.1, -0.05) is 26.0 Å². The average Bonchev–Trinajstić information content (AvgIpc) is 2.54. The number of nitrogens with two attached hydrogens (primary N) is 1. The van der Waals surface area contributed by atoms with E-state index in [1.807, 2.05) is 12.1 Å². The molecule has 1 atom stereocenters. The zero-order valence-electron chi connectivity index (χ0n) is 12.8. The van der Waals surface area contributed by atoms with Crippen molar-refractivity contribution in [1.82, 2.24) is 5.32 Å². The fourth-order valence-electron chi connectivity index (χ4n) is 2.96. The Kier molecular flexibility index (Phi) is 5.20. The number of anilines is 1. The van der Waals surface area contributed by atoms with E-state index in [4.69, 9.17) is 10.6 Å². The highest BCUT2D eigenvalue weighted by atomic mass is 16.5. The van der Waals surface area contributed by atoms with Gasteiger partial charge in [0.1, 0.15) is 0 Å². The Morgan fingerprint density at radius 3 is 2.76 bits per heavy atom. The molecular formula is C16H25N3O2. The fourth-order valence-corrected chi connectivity index (χ4v) is 2.96. The minimum atomic E-state index is -0.0954. The molecule has 21 heavy (non-hydrogen) atoms. The predicted octanol–water partition coefficient (Wildman–Crippen LogP) is 2.44. The first kappa shape index (κ1) is 15.8. The standard InChI is InChI=1S/C16H25N3O2/c1-3-16(4-2)11-12(9-10-21-16)18-15(20)13-7-5-6-8-14(13)19-17/h5-8,12,19H,3-4,9-11,17H2,1-2H3,(H,18,20). The molecule has 1 fully saturated rings. The van der Waals surface area contributed by atoms with Gasteiger partial charge in [0, 0.05) is 12.6 Å². The topological polar surface area (TPSA) is 76.4 Å². The molecule has 1 aliphatic rings. The highest BCUT2D eigenvalue weighted by molar-refractivity contribution is 5.99. The summed E-state index contributed by atoms with van der Waals surface area (Å²) in [5.74, 6) is 5.37. The second-order valence-electron chi connectivity index (χ2n) is 5.59. The molecule has 1 aromatic carbocycles. The smallest absolute Gasteiger partial charge is 0.253 e. The molecule has 1 amide bonds. The third-order valence-corrected chi connectivity index (χ3v) is 4.44. The molecule has 0 saturated carbocycles. The second-order valence-corrected chi connectivity index (χ2v) is 5.59. The van der Waals surface area contributed by atoms with Gasteiger partial charge in [-0.25, -0.2) is 0 Å². The van der Waals surface area contributed by atoms with Crippen molar-refractivity contribution in [3.05, 3.63) is 29.8 Å². The quantitative estimate of drug-likeness (QED) is 0.575. The molecule has 0 bridgehead atoms. The first-order valence-electron chi connectivity index (χ1n) is 7.64. The van der Waals surface area contributed by atoms with Crippen molar-refractivity contribution in [2.24, 2.45) is 5.84 Å². The second kappa shape index (κ2) is 6.91. The van der Waals surface area contributed by atoms with E-state index in [0.717, 1.165) is 25.7 Å². The molecule has 1 heterocycles. The van der Waals surface area contributed by atoms with Gasteiger partial charge < -0.3 is 15.5 Å². The highest BCUT2D eigenvalue weighted by Crippen LogP contribution is 2.31. The molecule has 1 aliphatic heterocycles. The number of para-hydroxylation sites is 1. The normalized spacial score (nSPS) is 20.8. The van der Waals surface area contributed by atoms with Gasteiger partial charge in [-0.2, -0.15) is 0 Å². The zero-order valence-corrected chi connectivity index (χ0v) is 12.8. The Hall–Kier alpha value is -1.59. The van der Waals surface area contributed by atoms with E-state index < -0.39 is 0 Å². The lowest BCUT2D eigenvalue weighted by Crippen LogP contribution is -2.48. The van der Waals surface area contributed by atoms with Crippen LogP contribution in [0.2, 0.25) is 0 Å². The van der Waals surface area contributed by atoms with Crippen molar-refractivity contribution in [3.8, 4) is 0 Å². The van der Waals surface area contributed by atoms with Gasteiger partial charge in [-0.3, -0.25) is 10.6 Å². The van der Waals surface area contributed by atoms with Crippen LogP contribution in [0.3, 0.4) is 0 Å². The molecule has 5 heteroatoms. The molecule has 0 aromatic heterocycles. The van der Waals surface area contributed by atoms with Gasteiger partial charge >= 0.3 is 0 Å². The maximum atomic E-state index is 12.4. The van der Waals surface area contributed by atoms with Crippen LogP contribution in [0.1, 0.15) is 49.9 Å². The number of benzene rings is 1. The summed E-state index contributed by atoms with van der Waals surface area (Å²) in [7, 11) is 0. The number of amides is 1. The van der Waals surface area contributed by atoms with Crippen molar-refractivity contribution in [3.63, 3.8) is 0 Å². The Balaban J connectivity index is 2.05. The van der Waals surface area contributed by atoms with Gasteiger partial charge in [0.2, 0.25) is 0 Å². The van der Waals surface area contributed by atoms with Crippen molar-refractivity contribution in [1.29, 1.82) is 0 Å². The number of nitrogens with one attached hydrogen (secondary N) is 2. The van der Waals surface area contributed by atoms with Crippen molar-refractivity contribution >= 4 is 11.6 Å². The van der Waals surface area contributed by atoms with Crippen LogP contribution in [0.25, 0.3) is 0 Å². The van der Waals surface area contributed by atoms with Crippen LogP contribution >= 0.6 is 0 Å². The van der Waals surface area contributed by atoms with Crippen molar-refractivity contribution in [2.75, 3.05) is 12.0 Å². The van der Waals surface area contributed by atoms with Crippen LogP contribution in [-0.4, -0.2) is 24.2 Å². The fraction of sp³-hybridized carbons (Fsp3) is 0.562. The van der Waals surface area contributed by atoms with Crippen LogP contribution < -0.4 is 16.6 Å². The molecule has 0 spiro atoms. The maximum Gasteiger partial charge on any atom is 0.253 e. The lowest BCUT2D eigenvalue weighted by molar-refractivity contribution is -0.0917. The minimum Gasteiger partial charge on any atom is -0.375 e. The number of rotatable bonds is 5. The molecule has 1 saturated heterocycles. The number of hydrazine groups is 1. The van der Waals surface area contributed by atoms with E-state index in [9.17, 15) is 4.79 Å². The zero-order chi connectivity index (χ0) is 15.3. The molecule has 1 unspecified atom stereocenters. The molecule has 0 aliphatic carbocycles. The Morgan fingerprint density at radius 1 is 1.38 bits per heavy atom. The van der Waals surface area contributed by atoms with E-state index in [0.29, 0.717) is 17.9 Å². The lowest BCUT2D eigenvalue weighted by Gasteiger charge is -2.40. The number of carbonyl (C=O) groups excluding carboxylic acids is 1. The third kappa shape index (κ3) is 3.54. The van der Waals surface area contributed by atoms with Gasteiger partial charge in [-0.15, -0.1) is 0 Å². The third-order valence-electron chi connectivity index (χ3n) is 4.44. The largest absolute Gasteiger partial charge is 0.375 e. The van der Waals surface area contributed by atoms with E-state index in [-0.39, 0.29) is 17.6 Å². The monoisotopic (exact) mass is 291 g/mol. The Morgan fingerprint density at radius 2 is 2.10 bits per heavy atom. The van der Waals surface area contributed by atoms with E-state index in [2.05, 4.69) is 24.6 Å². The number of hydrogen-bond acceptors (Lipinski definition) is 4. The summed E-state index contributed by atoms with van der Waals surface area (Å²) in [5, 5.41) is 3.12. The van der Waals surface area contributed by atoms with Crippen LogP contribution in [0.4, 0.5) is 5.69 Å². The van der Waals surface area contributed by atoms with Crippen LogP contribution in [0.5, 0.6) is 0 Å². The molecule has 116 valence electrons. The molecule has 0 radical (unpaired) electrons. The summed E-state index contributed by atoms with van der Waals surface area (Å²) in [4.78, 5) is 12.4. The van der Waals surface area contributed by atoms with Crippen LogP contribution in [-0.2, 0) is 4.74 Å². The SMILES string of the molecule is CCC1(CC)CC(NC(=O)c2ccccc2NN)CCO1. The number of nitrogen functional groups attached to an aromatic ring is 1. The van der Waals surface area contributed by atoms with Gasteiger partial charge in [0.05, 0.1) is 16.9 Å². The number of ether oxygens (including phenoxy) is 1. The Bertz CT molecular complexity index is 486. The van der Waals surface area contributed by atoms with E-state index in [1.165, 1.54) is 0 Å². The Labute approximate surface area is 126 Å². The lowest BCUT2D eigenvalue weighted by atomic mass is 9.86. The first-order valence-corrected chi connectivity index (χ1v) is 7.64. The molecule has 1 aromatic rings. The van der Waals surface area contributed by atoms with Gasteiger partial charge in [-0.05, 0) is 37.8 Å². The highest BCUT2D eigenvalue weighted by Gasteiger charge is 2.35. The van der Waals surface area contributed by atoms with Crippen LogP contribution in [0, 0.1) is 0 Å². The van der Waals surface area contributed by atoms with Crippen molar-refractivity contribution in [2.45, 2.75) is 51.2 Å². The van der Waals surface area contributed by atoms with E-state index in [1.54, 1.807) is 12.1 Å². The van der Waals surface area contributed by atoms with E-state index >= 15 is 0 Å². The molecule has 2 rings (SSSR count). The first-order chi connectivity index (χ1) is 10.1. The summed E-state index contributed by atoms with van der Waals surface area (Å²) in [5.41, 5.74) is 3.68. The van der Waals surface area contributed by atoms with Crippen molar-refractivity contribution < 1.29 is 9.53 Å². The molecular weight excluding hydrogens is 266 g/mol. The summed E-state index contributed by atoms with van der Waals surface area (Å²) < 4.78 is 5.94. The number of carbonyl (C=O) groups is 1. The molecule has 5 nitrogen and oxygen atoms in total. The molecule has 4 N–H and O–H groups in total. The van der Waals surface area contributed by atoms with Gasteiger partial charge in [0.15, 0.2) is 0 Å². The summed E-state index contributed by atoms with van der Waals surface area (Å²) >= 11 is 0. The van der Waals surface area contributed by atoms with Crippen LogP contribution in [0.15, 0.2) is 24.3 Å². The summed E-state index contributed by atoms with van der Waals surface area (Å²) in [6.45, 7) is 4.98. The summed E-state index contributed by atoms with van der Waals surface area (Å²) in [6, 6.07) is 7.40. The predicted molar refractivity (Wildman–Crippen MR) is 84.0 cm³/mol. The minimum absolute atomic E-state index is 0.0865.